The maximum atomic E-state index is 13.0. The van der Waals surface area contributed by atoms with E-state index in [1.165, 1.54) is 36.5 Å². The monoisotopic (exact) mass is 465 g/mol. The van der Waals surface area contributed by atoms with Gasteiger partial charge in [0.15, 0.2) is 5.82 Å². The molecule has 31 heavy (non-hydrogen) atoms. The summed E-state index contributed by atoms with van der Waals surface area (Å²) in [5, 5.41) is 4.21. The molecule has 0 spiro atoms. The molecule has 0 aliphatic heterocycles. The molecule has 5 nitrogen and oxygen atoms in total. The van der Waals surface area contributed by atoms with Crippen LogP contribution in [0.2, 0.25) is 5.02 Å². The van der Waals surface area contributed by atoms with E-state index in [2.05, 4.69) is 34.0 Å². The summed E-state index contributed by atoms with van der Waals surface area (Å²) in [5.41, 5.74) is 1.65. The summed E-state index contributed by atoms with van der Waals surface area (Å²) in [5.74, 6) is 0.148. The molecule has 0 saturated carbocycles. The van der Waals surface area contributed by atoms with Crippen LogP contribution in [0, 0.1) is 0 Å². The number of aromatic nitrogens is 4. The van der Waals surface area contributed by atoms with Crippen LogP contribution in [-0.4, -0.2) is 26.8 Å². The van der Waals surface area contributed by atoms with Gasteiger partial charge in [0.05, 0.1) is 34.2 Å². The normalized spacial score (nSPS) is 11.1. The number of nitrogens with two attached hydrogens (primary N) is 1. The molecule has 0 saturated heterocycles. The van der Waals surface area contributed by atoms with E-state index in [-0.39, 0.29) is 34.6 Å². The van der Waals surface area contributed by atoms with E-state index in [4.69, 9.17) is 11.6 Å². The van der Waals surface area contributed by atoms with Crippen molar-refractivity contribution in [1.82, 2.24) is 19.7 Å². The predicted octanol–water partition coefficient (Wildman–Crippen LogP) is 5.32. The van der Waals surface area contributed by atoms with Gasteiger partial charge in [-0.1, -0.05) is 11.6 Å². The molecule has 168 valence electrons. The van der Waals surface area contributed by atoms with Crippen LogP contribution in [-0.2, 0) is 18.8 Å². The molecule has 0 fully saturated rings. The lowest BCUT2D eigenvalue weighted by Crippen LogP contribution is -2.12. The zero-order valence-corrected chi connectivity index (χ0v) is 16.9. The first-order valence-electron chi connectivity index (χ1n) is 8.40. The van der Waals surface area contributed by atoms with E-state index >= 15 is 0 Å². The van der Waals surface area contributed by atoms with Gasteiger partial charge in [0.25, 0.3) is 0 Å². The van der Waals surface area contributed by atoms with Gasteiger partial charge in [0, 0.05) is 18.8 Å². The largest absolute Gasteiger partial charge is 0.416 e. The molecule has 1 aromatic carbocycles. The highest BCUT2D eigenvalue weighted by molar-refractivity contribution is 6.30. The van der Waals surface area contributed by atoms with Crippen LogP contribution in [0.4, 0.5) is 26.3 Å². The van der Waals surface area contributed by atoms with Gasteiger partial charge in [0.2, 0.25) is 0 Å². The van der Waals surface area contributed by atoms with Gasteiger partial charge in [-0.25, -0.2) is 9.67 Å². The third-order valence-corrected chi connectivity index (χ3v) is 3.73. The molecule has 0 bridgehead atoms. The molecule has 2 N–H and O–H groups in total. The van der Waals surface area contributed by atoms with E-state index in [0.29, 0.717) is 12.1 Å². The van der Waals surface area contributed by atoms with Crippen molar-refractivity contribution in [2.75, 3.05) is 7.05 Å². The Hall–Kier alpha value is -2.92. The molecule has 3 rings (SSSR count). The highest BCUT2D eigenvalue weighted by atomic mass is 35.5. The molecule has 0 radical (unpaired) electrons. The average molecular weight is 466 g/mol. The molecule has 12 heteroatoms. The van der Waals surface area contributed by atoms with Crippen LogP contribution in [0.1, 0.15) is 22.4 Å². The number of benzene rings is 1. The van der Waals surface area contributed by atoms with Gasteiger partial charge in [-0.15, -0.1) is 13.2 Å². The molecule has 2 heterocycles. The molecule has 0 aliphatic rings. The summed E-state index contributed by atoms with van der Waals surface area (Å²) in [6.45, 7) is 6.00. The quantitative estimate of drug-likeness (QED) is 0.420. The third-order valence-electron chi connectivity index (χ3n) is 3.54. The SMILES string of the molecule is C=C.CN.FC(F)(F)c1cc(Cc2nccnc2-n2cc(Cl)cn2)cc(C(F)(F)F)c1. The minimum atomic E-state index is -4.92. The van der Waals surface area contributed by atoms with Crippen molar-refractivity contribution in [2.45, 2.75) is 18.8 Å². The van der Waals surface area contributed by atoms with Gasteiger partial charge in [0.1, 0.15) is 0 Å². The Morgan fingerprint density at radius 3 is 1.90 bits per heavy atom. The first-order chi connectivity index (χ1) is 14.5. The summed E-state index contributed by atoms with van der Waals surface area (Å²) in [7, 11) is 1.50. The highest BCUT2D eigenvalue weighted by Gasteiger charge is 2.37. The second-order valence-electron chi connectivity index (χ2n) is 5.52. The van der Waals surface area contributed by atoms with Crippen molar-refractivity contribution in [3.8, 4) is 5.82 Å². The standard InChI is InChI=1S/C16H9ClF6N4.C2H4.CH5N/c17-12-7-26-27(8-12)14-13(24-1-2-25-14)5-9-3-10(15(18,19)20)6-11(4-9)16(21,22)23;2*1-2/h1-4,6-8H,5H2;1-2H2;2H2,1H3. The van der Waals surface area contributed by atoms with Crippen molar-refractivity contribution in [2.24, 2.45) is 5.73 Å². The zero-order chi connectivity index (χ0) is 23.8. The Balaban J connectivity index is 0.00000113. The minimum absolute atomic E-state index is 0.0777. The summed E-state index contributed by atoms with van der Waals surface area (Å²) in [6, 6.07) is 1.39. The molecule has 0 atom stereocenters. The van der Waals surface area contributed by atoms with Crippen molar-refractivity contribution >= 4 is 11.6 Å². The Labute approximate surface area is 179 Å². The van der Waals surface area contributed by atoms with Crippen LogP contribution in [0.5, 0.6) is 0 Å². The number of alkyl halides is 6. The van der Waals surface area contributed by atoms with Crippen LogP contribution < -0.4 is 5.73 Å². The van der Waals surface area contributed by atoms with Gasteiger partial charge in [-0.3, -0.25) is 4.98 Å². The molecule has 0 unspecified atom stereocenters. The fourth-order valence-electron chi connectivity index (χ4n) is 2.41. The van der Waals surface area contributed by atoms with Crippen molar-refractivity contribution in [3.05, 3.63) is 83.6 Å². The van der Waals surface area contributed by atoms with Crippen molar-refractivity contribution < 1.29 is 26.3 Å². The number of rotatable bonds is 3. The van der Waals surface area contributed by atoms with E-state index in [1.807, 2.05) is 0 Å². The molecular formula is C19H18ClF6N5. The predicted molar refractivity (Wildman–Crippen MR) is 105 cm³/mol. The van der Waals surface area contributed by atoms with E-state index in [9.17, 15) is 26.3 Å². The first-order valence-corrected chi connectivity index (χ1v) is 8.78. The number of hydrogen-bond donors (Lipinski definition) is 1. The highest BCUT2D eigenvalue weighted by Crippen LogP contribution is 2.36. The lowest BCUT2D eigenvalue weighted by atomic mass is 10.0. The topological polar surface area (TPSA) is 69.6 Å². The van der Waals surface area contributed by atoms with Crippen molar-refractivity contribution in [1.29, 1.82) is 0 Å². The van der Waals surface area contributed by atoms with Gasteiger partial charge >= 0.3 is 12.4 Å². The van der Waals surface area contributed by atoms with E-state index in [1.54, 1.807) is 0 Å². The minimum Gasteiger partial charge on any atom is -0.333 e. The molecule has 0 amide bonds. The maximum absolute atomic E-state index is 13.0. The Bertz CT molecular complexity index is 952. The molecular weight excluding hydrogens is 448 g/mol. The maximum Gasteiger partial charge on any atom is 0.416 e. The number of hydrogen-bond acceptors (Lipinski definition) is 4. The van der Waals surface area contributed by atoms with Crippen LogP contribution in [0.3, 0.4) is 0 Å². The van der Waals surface area contributed by atoms with E-state index < -0.39 is 23.5 Å². The second kappa shape index (κ2) is 10.9. The van der Waals surface area contributed by atoms with E-state index in [0.717, 1.165) is 0 Å². The Morgan fingerprint density at radius 2 is 1.45 bits per heavy atom. The summed E-state index contributed by atoms with van der Waals surface area (Å²) >= 11 is 5.78. The summed E-state index contributed by atoms with van der Waals surface area (Å²) in [6.07, 6.45) is -4.85. The molecule has 3 aromatic rings. The summed E-state index contributed by atoms with van der Waals surface area (Å²) in [4.78, 5) is 8.05. The third kappa shape index (κ3) is 7.07. The number of nitrogens with zero attached hydrogens (tertiary/aromatic N) is 4. The zero-order valence-electron chi connectivity index (χ0n) is 16.2. The smallest absolute Gasteiger partial charge is 0.333 e. The lowest BCUT2D eigenvalue weighted by Gasteiger charge is -2.14. The van der Waals surface area contributed by atoms with Crippen molar-refractivity contribution in [3.63, 3.8) is 0 Å². The number of halogens is 7. The van der Waals surface area contributed by atoms with Gasteiger partial charge in [-0.2, -0.15) is 31.4 Å². The second-order valence-corrected chi connectivity index (χ2v) is 5.96. The van der Waals surface area contributed by atoms with Gasteiger partial charge < -0.3 is 5.73 Å². The lowest BCUT2D eigenvalue weighted by molar-refractivity contribution is -0.143. The van der Waals surface area contributed by atoms with Gasteiger partial charge in [-0.05, 0) is 30.8 Å². The molecule has 0 aliphatic carbocycles. The summed E-state index contributed by atoms with van der Waals surface area (Å²) < 4.78 is 79.2. The van der Waals surface area contributed by atoms with Crippen LogP contribution in [0.15, 0.2) is 56.1 Å². The first kappa shape index (κ1) is 26.1. The Kier molecular flexibility index (Phi) is 9.19. The van der Waals surface area contributed by atoms with Crippen LogP contribution >= 0.6 is 11.6 Å². The van der Waals surface area contributed by atoms with Crippen LogP contribution in [0.25, 0.3) is 5.82 Å². The molecule has 2 aromatic heterocycles. The Morgan fingerprint density at radius 1 is 0.935 bits per heavy atom. The fraction of sp³-hybridized carbons (Fsp3) is 0.211. The fourth-order valence-corrected chi connectivity index (χ4v) is 2.54. The average Bonchev–Trinajstić information content (AvgIpc) is 3.16.